The highest BCUT2D eigenvalue weighted by Gasteiger charge is 2.30. The van der Waals surface area contributed by atoms with Crippen LogP contribution in [0, 0.1) is 11.7 Å². The van der Waals surface area contributed by atoms with Crippen molar-refractivity contribution in [1.82, 2.24) is 4.90 Å². The molecular formula is C27H28FN3O2. The molecule has 6 heteroatoms. The predicted octanol–water partition coefficient (Wildman–Crippen LogP) is 5.07. The minimum Gasteiger partial charge on any atom is -0.370 e. The van der Waals surface area contributed by atoms with Crippen molar-refractivity contribution >= 4 is 34.0 Å². The van der Waals surface area contributed by atoms with Crippen molar-refractivity contribution in [2.75, 3.05) is 36.4 Å². The minimum atomic E-state index is -0.406. The standard InChI is InChI=1S/C27H28FN3O2/c28-23-11-6-12-24(30-15-3-4-16-30)25(23)29-26(32)20-13-17-31(18-14-20)27(33)22-10-5-8-19-7-1-2-9-21(19)22/h1-2,5-12,20H,3-4,13-18H2,(H,29,32). The van der Waals surface area contributed by atoms with Gasteiger partial charge in [0.25, 0.3) is 5.91 Å². The Labute approximate surface area is 193 Å². The van der Waals surface area contributed by atoms with Gasteiger partial charge in [0, 0.05) is 37.7 Å². The number of rotatable bonds is 4. The lowest BCUT2D eigenvalue weighted by Crippen LogP contribution is -2.41. The fourth-order valence-electron chi connectivity index (χ4n) is 5.01. The van der Waals surface area contributed by atoms with Gasteiger partial charge in [-0.25, -0.2) is 4.39 Å². The molecule has 0 aromatic heterocycles. The molecule has 5 nitrogen and oxygen atoms in total. The number of carbonyl (C=O) groups excluding carboxylic acids is 2. The lowest BCUT2D eigenvalue weighted by atomic mass is 9.94. The van der Waals surface area contributed by atoms with Crippen molar-refractivity contribution in [3.05, 3.63) is 72.0 Å². The number of fused-ring (bicyclic) bond motifs is 1. The van der Waals surface area contributed by atoms with Gasteiger partial charge in [-0.05, 0) is 54.7 Å². The highest BCUT2D eigenvalue weighted by molar-refractivity contribution is 6.07. The Bertz CT molecular complexity index is 1180. The summed E-state index contributed by atoms with van der Waals surface area (Å²) in [6.07, 6.45) is 3.28. The normalized spacial score (nSPS) is 16.9. The van der Waals surface area contributed by atoms with Gasteiger partial charge in [-0.2, -0.15) is 0 Å². The largest absolute Gasteiger partial charge is 0.370 e. The molecule has 0 atom stereocenters. The molecule has 2 saturated heterocycles. The van der Waals surface area contributed by atoms with Crippen molar-refractivity contribution in [2.24, 2.45) is 5.92 Å². The molecule has 2 fully saturated rings. The zero-order chi connectivity index (χ0) is 22.8. The second-order valence-electron chi connectivity index (χ2n) is 8.91. The number of piperidine rings is 1. The van der Waals surface area contributed by atoms with Crippen LogP contribution in [0.25, 0.3) is 10.8 Å². The van der Waals surface area contributed by atoms with Crippen molar-refractivity contribution < 1.29 is 14.0 Å². The molecule has 2 amide bonds. The smallest absolute Gasteiger partial charge is 0.254 e. The number of likely N-dealkylation sites (tertiary alicyclic amines) is 1. The topological polar surface area (TPSA) is 52.7 Å². The average Bonchev–Trinajstić information content (AvgIpc) is 3.39. The van der Waals surface area contributed by atoms with E-state index in [0.717, 1.165) is 42.4 Å². The number of nitrogens with one attached hydrogen (secondary N) is 1. The minimum absolute atomic E-state index is 0.00363. The number of amides is 2. The van der Waals surface area contributed by atoms with Crippen LogP contribution in [-0.4, -0.2) is 42.9 Å². The molecule has 3 aromatic rings. The number of halogens is 1. The summed E-state index contributed by atoms with van der Waals surface area (Å²) in [6.45, 7) is 2.77. The van der Waals surface area contributed by atoms with E-state index in [1.165, 1.54) is 6.07 Å². The van der Waals surface area contributed by atoms with Gasteiger partial charge in [-0.1, -0.05) is 42.5 Å². The van der Waals surface area contributed by atoms with E-state index >= 15 is 0 Å². The Kier molecular flexibility index (Phi) is 5.99. The van der Waals surface area contributed by atoms with Gasteiger partial charge in [0.2, 0.25) is 5.91 Å². The second-order valence-corrected chi connectivity index (χ2v) is 8.91. The van der Waals surface area contributed by atoms with E-state index in [0.29, 0.717) is 31.5 Å². The summed E-state index contributed by atoms with van der Waals surface area (Å²) in [7, 11) is 0. The third-order valence-electron chi connectivity index (χ3n) is 6.86. The fraction of sp³-hybridized carbons (Fsp3) is 0.333. The molecule has 170 valence electrons. The number of nitrogens with zero attached hydrogens (tertiary/aromatic N) is 2. The molecule has 0 saturated carbocycles. The zero-order valence-electron chi connectivity index (χ0n) is 18.6. The summed E-state index contributed by atoms with van der Waals surface area (Å²) in [5, 5.41) is 4.85. The molecular weight excluding hydrogens is 417 g/mol. The molecule has 0 aliphatic carbocycles. The van der Waals surface area contributed by atoms with Crippen LogP contribution in [-0.2, 0) is 4.79 Å². The van der Waals surface area contributed by atoms with E-state index in [2.05, 4.69) is 10.2 Å². The van der Waals surface area contributed by atoms with Gasteiger partial charge in [-0.3, -0.25) is 9.59 Å². The first-order chi connectivity index (χ1) is 16.1. The van der Waals surface area contributed by atoms with Crippen molar-refractivity contribution in [3.8, 4) is 0 Å². The van der Waals surface area contributed by atoms with Gasteiger partial charge in [0.1, 0.15) is 11.5 Å². The van der Waals surface area contributed by atoms with E-state index < -0.39 is 5.82 Å². The number of anilines is 2. The number of benzene rings is 3. The first kappa shape index (κ1) is 21.4. The molecule has 2 aliphatic heterocycles. The molecule has 0 spiro atoms. The van der Waals surface area contributed by atoms with Gasteiger partial charge in [0.15, 0.2) is 0 Å². The average molecular weight is 446 g/mol. The number of hydrogen-bond donors (Lipinski definition) is 1. The van der Waals surface area contributed by atoms with Gasteiger partial charge in [0.05, 0.1) is 5.69 Å². The molecule has 33 heavy (non-hydrogen) atoms. The van der Waals surface area contributed by atoms with E-state index in [1.54, 1.807) is 6.07 Å². The lowest BCUT2D eigenvalue weighted by molar-refractivity contribution is -0.121. The molecule has 2 heterocycles. The summed E-state index contributed by atoms with van der Waals surface area (Å²) in [4.78, 5) is 30.1. The SMILES string of the molecule is O=C(Nc1c(F)cccc1N1CCCC1)C1CCN(C(=O)c2cccc3ccccc23)CC1. The van der Waals surface area contributed by atoms with Crippen LogP contribution < -0.4 is 10.2 Å². The summed E-state index contributed by atoms with van der Waals surface area (Å²) in [5.74, 6) is -0.821. The third kappa shape index (κ3) is 4.30. The van der Waals surface area contributed by atoms with Crippen molar-refractivity contribution in [2.45, 2.75) is 25.7 Å². The molecule has 3 aromatic carbocycles. The third-order valence-corrected chi connectivity index (χ3v) is 6.86. The van der Waals surface area contributed by atoms with Crippen LogP contribution in [0.1, 0.15) is 36.0 Å². The van der Waals surface area contributed by atoms with Crippen LogP contribution >= 0.6 is 0 Å². The number of hydrogen-bond acceptors (Lipinski definition) is 3. The fourth-order valence-corrected chi connectivity index (χ4v) is 5.01. The Morgan fingerprint density at radius 2 is 1.55 bits per heavy atom. The van der Waals surface area contributed by atoms with Gasteiger partial charge >= 0.3 is 0 Å². The number of carbonyl (C=O) groups is 2. The van der Waals surface area contributed by atoms with E-state index in [-0.39, 0.29) is 23.4 Å². The zero-order valence-corrected chi connectivity index (χ0v) is 18.6. The Hall–Kier alpha value is -3.41. The molecule has 0 radical (unpaired) electrons. The maximum absolute atomic E-state index is 14.6. The van der Waals surface area contributed by atoms with Gasteiger partial charge < -0.3 is 15.1 Å². The van der Waals surface area contributed by atoms with Crippen LogP contribution in [0.2, 0.25) is 0 Å². The van der Waals surface area contributed by atoms with E-state index in [9.17, 15) is 14.0 Å². The van der Waals surface area contributed by atoms with E-state index in [1.807, 2.05) is 53.4 Å². The van der Waals surface area contributed by atoms with Crippen molar-refractivity contribution in [1.29, 1.82) is 0 Å². The Balaban J connectivity index is 1.25. The molecule has 0 bridgehead atoms. The first-order valence-electron chi connectivity index (χ1n) is 11.7. The molecule has 0 unspecified atom stereocenters. The summed E-state index contributed by atoms with van der Waals surface area (Å²) >= 11 is 0. The maximum atomic E-state index is 14.6. The lowest BCUT2D eigenvalue weighted by Gasteiger charge is -2.32. The van der Waals surface area contributed by atoms with Crippen LogP contribution in [0.4, 0.5) is 15.8 Å². The predicted molar refractivity (Wildman–Crippen MR) is 129 cm³/mol. The van der Waals surface area contributed by atoms with Gasteiger partial charge in [-0.15, -0.1) is 0 Å². The monoisotopic (exact) mass is 445 g/mol. The first-order valence-corrected chi connectivity index (χ1v) is 11.7. The van der Waals surface area contributed by atoms with Crippen LogP contribution in [0.5, 0.6) is 0 Å². The van der Waals surface area contributed by atoms with Crippen LogP contribution in [0.3, 0.4) is 0 Å². The maximum Gasteiger partial charge on any atom is 0.254 e. The quantitative estimate of drug-likeness (QED) is 0.610. The molecule has 2 aliphatic rings. The summed E-state index contributed by atoms with van der Waals surface area (Å²) < 4.78 is 14.6. The van der Waals surface area contributed by atoms with Crippen LogP contribution in [0.15, 0.2) is 60.7 Å². The summed E-state index contributed by atoms with van der Waals surface area (Å²) in [5.41, 5.74) is 1.72. The van der Waals surface area contributed by atoms with Crippen molar-refractivity contribution in [3.63, 3.8) is 0 Å². The highest BCUT2D eigenvalue weighted by Crippen LogP contribution is 2.32. The molecule has 5 rings (SSSR count). The summed E-state index contributed by atoms with van der Waals surface area (Å²) in [6, 6.07) is 18.6. The molecule has 1 N–H and O–H groups in total. The highest BCUT2D eigenvalue weighted by atomic mass is 19.1. The Morgan fingerprint density at radius 3 is 2.33 bits per heavy atom. The number of para-hydroxylation sites is 1. The Morgan fingerprint density at radius 1 is 0.848 bits per heavy atom. The van der Waals surface area contributed by atoms with E-state index in [4.69, 9.17) is 0 Å². The second kappa shape index (κ2) is 9.22.